The lowest BCUT2D eigenvalue weighted by atomic mass is 9.77. The minimum atomic E-state index is 0.280. The highest BCUT2D eigenvalue weighted by Gasteiger charge is 2.31. The predicted octanol–water partition coefficient (Wildman–Crippen LogP) is 2.81. The van der Waals surface area contributed by atoms with Crippen LogP contribution in [0.3, 0.4) is 0 Å². The molecule has 0 amide bonds. The fourth-order valence-electron chi connectivity index (χ4n) is 2.07. The van der Waals surface area contributed by atoms with Crippen molar-refractivity contribution in [2.24, 2.45) is 11.1 Å². The Hall–Kier alpha value is 0.1000. The number of hydrogen-bond acceptors (Lipinski definition) is 3. The lowest BCUT2D eigenvalue weighted by molar-refractivity contribution is 0.0195. The van der Waals surface area contributed by atoms with E-state index in [1.54, 1.807) is 0 Å². The van der Waals surface area contributed by atoms with Gasteiger partial charge in [0.15, 0.2) is 0 Å². The quantitative estimate of drug-likeness (QED) is 0.929. The molecule has 1 saturated heterocycles. The van der Waals surface area contributed by atoms with Crippen molar-refractivity contribution < 1.29 is 4.74 Å². The van der Waals surface area contributed by atoms with Crippen LogP contribution in [0.4, 0.5) is 0 Å². The van der Waals surface area contributed by atoms with E-state index in [4.69, 9.17) is 10.5 Å². The van der Waals surface area contributed by atoms with Crippen LogP contribution in [0, 0.1) is 5.41 Å². The SMILES string of the molecule is NCC1(Cc2cc(Br)cs2)CCOCC1. The van der Waals surface area contributed by atoms with Gasteiger partial charge in [-0.15, -0.1) is 11.3 Å². The topological polar surface area (TPSA) is 35.2 Å². The molecule has 2 nitrogen and oxygen atoms in total. The van der Waals surface area contributed by atoms with E-state index in [1.807, 2.05) is 11.3 Å². The number of rotatable bonds is 3. The molecule has 0 aromatic carbocycles. The van der Waals surface area contributed by atoms with E-state index >= 15 is 0 Å². The van der Waals surface area contributed by atoms with Gasteiger partial charge in [0, 0.05) is 27.9 Å². The molecule has 1 aliphatic heterocycles. The van der Waals surface area contributed by atoms with E-state index in [9.17, 15) is 0 Å². The first-order valence-corrected chi connectivity index (χ1v) is 6.92. The first-order chi connectivity index (χ1) is 7.24. The van der Waals surface area contributed by atoms with Crippen molar-refractivity contribution in [1.29, 1.82) is 0 Å². The van der Waals surface area contributed by atoms with Gasteiger partial charge in [-0.05, 0) is 53.2 Å². The van der Waals surface area contributed by atoms with Crippen molar-refractivity contribution in [2.75, 3.05) is 19.8 Å². The van der Waals surface area contributed by atoms with Crippen molar-refractivity contribution in [2.45, 2.75) is 19.3 Å². The predicted molar refractivity (Wildman–Crippen MR) is 67.3 cm³/mol. The van der Waals surface area contributed by atoms with Crippen molar-refractivity contribution in [3.05, 3.63) is 20.8 Å². The number of hydrogen-bond donors (Lipinski definition) is 1. The summed E-state index contributed by atoms with van der Waals surface area (Å²) in [7, 11) is 0. The number of thiophene rings is 1. The normalized spacial score (nSPS) is 20.4. The second kappa shape index (κ2) is 4.95. The van der Waals surface area contributed by atoms with Gasteiger partial charge in [0.1, 0.15) is 0 Å². The van der Waals surface area contributed by atoms with Crippen LogP contribution in [-0.4, -0.2) is 19.8 Å². The molecule has 2 N–H and O–H groups in total. The van der Waals surface area contributed by atoms with Gasteiger partial charge >= 0.3 is 0 Å². The van der Waals surface area contributed by atoms with Crippen molar-refractivity contribution in [3.63, 3.8) is 0 Å². The van der Waals surface area contributed by atoms with Crippen molar-refractivity contribution in [3.8, 4) is 0 Å². The smallest absolute Gasteiger partial charge is 0.0471 e. The van der Waals surface area contributed by atoms with Crippen LogP contribution in [0.25, 0.3) is 0 Å². The zero-order valence-electron chi connectivity index (χ0n) is 8.67. The third kappa shape index (κ3) is 2.81. The van der Waals surface area contributed by atoms with Crippen molar-refractivity contribution >= 4 is 27.3 Å². The summed E-state index contributed by atoms with van der Waals surface area (Å²) in [5.74, 6) is 0. The monoisotopic (exact) mass is 289 g/mol. The summed E-state index contributed by atoms with van der Waals surface area (Å²) in [6, 6.07) is 2.21. The summed E-state index contributed by atoms with van der Waals surface area (Å²) in [6.45, 7) is 2.50. The van der Waals surface area contributed by atoms with E-state index in [0.717, 1.165) is 39.0 Å². The van der Waals surface area contributed by atoms with Gasteiger partial charge in [0.2, 0.25) is 0 Å². The third-order valence-electron chi connectivity index (χ3n) is 3.16. The molecule has 1 aromatic heterocycles. The molecule has 15 heavy (non-hydrogen) atoms. The molecule has 0 atom stereocenters. The molecule has 1 aromatic rings. The van der Waals surface area contributed by atoms with Crippen LogP contribution >= 0.6 is 27.3 Å². The molecular weight excluding hydrogens is 274 g/mol. The fraction of sp³-hybridized carbons (Fsp3) is 0.636. The number of nitrogens with two attached hydrogens (primary N) is 1. The molecule has 0 aliphatic carbocycles. The Labute approximate surface area is 103 Å². The Morgan fingerprint density at radius 2 is 2.20 bits per heavy atom. The Morgan fingerprint density at radius 3 is 2.73 bits per heavy atom. The summed E-state index contributed by atoms with van der Waals surface area (Å²) >= 11 is 5.30. The van der Waals surface area contributed by atoms with Gasteiger partial charge in [-0.1, -0.05) is 0 Å². The average Bonchev–Trinajstić information content (AvgIpc) is 2.65. The zero-order valence-corrected chi connectivity index (χ0v) is 11.1. The Kier molecular flexibility index (Phi) is 3.83. The Bertz CT molecular complexity index is 320. The molecule has 1 aliphatic rings. The van der Waals surface area contributed by atoms with Crippen LogP contribution in [0.15, 0.2) is 15.9 Å². The maximum atomic E-state index is 5.93. The van der Waals surface area contributed by atoms with Crippen LogP contribution in [0.5, 0.6) is 0 Å². The Morgan fingerprint density at radius 1 is 1.47 bits per heavy atom. The third-order valence-corrected chi connectivity index (χ3v) is 4.86. The second-order valence-corrected chi connectivity index (χ2v) is 6.14. The minimum Gasteiger partial charge on any atom is -0.381 e. The molecule has 0 bridgehead atoms. The second-order valence-electron chi connectivity index (χ2n) is 4.22. The summed E-state index contributed by atoms with van der Waals surface area (Å²) < 4.78 is 6.59. The molecule has 0 radical (unpaired) electrons. The van der Waals surface area contributed by atoms with Crippen LogP contribution in [0.1, 0.15) is 17.7 Å². The van der Waals surface area contributed by atoms with Crippen molar-refractivity contribution in [1.82, 2.24) is 0 Å². The van der Waals surface area contributed by atoms with E-state index in [-0.39, 0.29) is 5.41 Å². The van der Waals surface area contributed by atoms with Gasteiger partial charge < -0.3 is 10.5 Å². The molecule has 0 spiro atoms. The maximum absolute atomic E-state index is 5.93. The highest BCUT2D eigenvalue weighted by molar-refractivity contribution is 9.10. The van der Waals surface area contributed by atoms with E-state index < -0.39 is 0 Å². The lowest BCUT2D eigenvalue weighted by Crippen LogP contribution is -2.38. The molecule has 0 unspecified atom stereocenters. The van der Waals surface area contributed by atoms with Crippen LogP contribution in [0.2, 0.25) is 0 Å². The van der Waals surface area contributed by atoms with E-state index in [2.05, 4.69) is 27.4 Å². The fourth-order valence-corrected chi connectivity index (χ4v) is 3.70. The molecule has 0 saturated carbocycles. The van der Waals surface area contributed by atoms with Crippen LogP contribution in [-0.2, 0) is 11.2 Å². The summed E-state index contributed by atoms with van der Waals surface area (Å²) in [4.78, 5) is 1.43. The highest BCUT2D eigenvalue weighted by Crippen LogP contribution is 2.35. The molecule has 4 heteroatoms. The highest BCUT2D eigenvalue weighted by atomic mass is 79.9. The Balaban J connectivity index is 2.06. The molecule has 84 valence electrons. The minimum absolute atomic E-state index is 0.280. The first-order valence-electron chi connectivity index (χ1n) is 5.25. The average molecular weight is 290 g/mol. The molecule has 1 fully saturated rings. The van der Waals surface area contributed by atoms with Gasteiger partial charge in [-0.3, -0.25) is 0 Å². The largest absolute Gasteiger partial charge is 0.381 e. The van der Waals surface area contributed by atoms with E-state index in [0.29, 0.717) is 0 Å². The number of ether oxygens (including phenoxy) is 1. The first kappa shape index (κ1) is 11.6. The number of halogens is 1. The molecular formula is C11H16BrNOS. The van der Waals surface area contributed by atoms with E-state index in [1.165, 1.54) is 9.35 Å². The summed E-state index contributed by atoms with van der Waals surface area (Å²) in [6.07, 6.45) is 3.29. The van der Waals surface area contributed by atoms with Gasteiger partial charge in [-0.25, -0.2) is 0 Å². The summed E-state index contributed by atoms with van der Waals surface area (Å²) in [5, 5.41) is 2.14. The van der Waals surface area contributed by atoms with Gasteiger partial charge in [-0.2, -0.15) is 0 Å². The van der Waals surface area contributed by atoms with Gasteiger partial charge in [0.05, 0.1) is 0 Å². The van der Waals surface area contributed by atoms with Gasteiger partial charge in [0.25, 0.3) is 0 Å². The molecule has 2 heterocycles. The van der Waals surface area contributed by atoms with Crippen LogP contribution < -0.4 is 5.73 Å². The summed E-state index contributed by atoms with van der Waals surface area (Å²) in [5.41, 5.74) is 6.21. The standard InChI is InChI=1S/C11H16BrNOS/c12-9-5-10(15-7-9)6-11(8-13)1-3-14-4-2-11/h5,7H,1-4,6,8,13H2. The lowest BCUT2D eigenvalue weighted by Gasteiger charge is -2.35. The molecule has 2 rings (SSSR count). The zero-order chi connectivity index (χ0) is 10.7. The maximum Gasteiger partial charge on any atom is 0.0471 e.